The summed E-state index contributed by atoms with van der Waals surface area (Å²) in [5, 5.41) is 4.56. The molecule has 1 aliphatic rings. The molecular weight excluding hydrogens is 250 g/mol. The van der Waals surface area contributed by atoms with Crippen LogP contribution in [0.5, 0.6) is 5.75 Å². The molecule has 0 saturated carbocycles. The van der Waals surface area contributed by atoms with Gasteiger partial charge in [0.1, 0.15) is 5.75 Å². The van der Waals surface area contributed by atoms with Gasteiger partial charge in [-0.1, -0.05) is 12.1 Å². The zero-order valence-electron chi connectivity index (χ0n) is 11.9. The summed E-state index contributed by atoms with van der Waals surface area (Å²) < 4.78 is 7.31. The number of nitrogens with two attached hydrogens (primary N) is 1. The highest BCUT2D eigenvalue weighted by molar-refractivity contribution is 5.29. The summed E-state index contributed by atoms with van der Waals surface area (Å²) in [7, 11) is 1.69. The van der Waals surface area contributed by atoms with Gasteiger partial charge in [-0.2, -0.15) is 5.10 Å². The summed E-state index contributed by atoms with van der Waals surface area (Å²) >= 11 is 0. The number of benzene rings is 1. The Bertz CT molecular complexity index is 574. The molecule has 0 aliphatic heterocycles. The Labute approximate surface area is 119 Å². The van der Waals surface area contributed by atoms with Gasteiger partial charge in [-0.15, -0.1) is 0 Å². The Morgan fingerprint density at radius 2 is 2.15 bits per heavy atom. The molecule has 0 bridgehead atoms. The lowest BCUT2D eigenvalue weighted by Crippen LogP contribution is -2.19. The third kappa shape index (κ3) is 2.43. The monoisotopic (exact) mass is 271 g/mol. The van der Waals surface area contributed by atoms with Crippen molar-refractivity contribution < 1.29 is 4.74 Å². The zero-order valence-corrected chi connectivity index (χ0v) is 11.9. The Morgan fingerprint density at radius 1 is 1.35 bits per heavy atom. The van der Waals surface area contributed by atoms with Crippen molar-refractivity contribution >= 4 is 0 Å². The van der Waals surface area contributed by atoms with Crippen molar-refractivity contribution in [3.63, 3.8) is 0 Å². The summed E-state index contributed by atoms with van der Waals surface area (Å²) in [6, 6.07) is 8.17. The van der Waals surface area contributed by atoms with E-state index >= 15 is 0 Å². The molecule has 0 amide bonds. The van der Waals surface area contributed by atoms with Gasteiger partial charge < -0.3 is 10.5 Å². The van der Waals surface area contributed by atoms with Gasteiger partial charge in [-0.05, 0) is 55.0 Å². The molecule has 1 aliphatic carbocycles. The van der Waals surface area contributed by atoms with Gasteiger partial charge in [0.25, 0.3) is 0 Å². The molecule has 1 unspecified atom stereocenters. The second-order valence-electron chi connectivity index (χ2n) is 5.38. The topological polar surface area (TPSA) is 53.1 Å². The summed E-state index contributed by atoms with van der Waals surface area (Å²) in [6.45, 7) is 1.54. The summed E-state index contributed by atoms with van der Waals surface area (Å²) in [5.41, 5.74) is 9.82. The number of fused-ring (bicyclic) bond motifs is 1. The average Bonchev–Trinajstić information content (AvgIpc) is 2.91. The minimum atomic E-state index is 0.489. The second-order valence-corrected chi connectivity index (χ2v) is 5.38. The molecule has 1 aromatic heterocycles. The van der Waals surface area contributed by atoms with E-state index in [1.54, 1.807) is 7.11 Å². The first kappa shape index (κ1) is 13.2. The van der Waals surface area contributed by atoms with Crippen molar-refractivity contribution in [2.45, 2.75) is 31.7 Å². The number of ether oxygens (including phenoxy) is 1. The normalized spacial score (nSPS) is 17.8. The number of methoxy groups -OCH3 is 1. The quantitative estimate of drug-likeness (QED) is 0.928. The lowest BCUT2D eigenvalue weighted by atomic mass is 9.87. The van der Waals surface area contributed by atoms with Crippen LogP contribution >= 0.6 is 0 Å². The van der Waals surface area contributed by atoms with E-state index in [0.29, 0.717) is 5.92 Å². The molecule has 0 saturated heterocycles. The minimum Gasteiger partial charge on any atom is -0.497 e. The molecule has 0 radical (unpaired) electrons. The van der Waals surface area contributed by atoms with E-state index in [4.69, 9.17) is 10.5 Å². The number of hydrogen-bond acceptors (Lipinski definition) is 3. The van der Waals surface area contributed by atoms with E-state index in [1.165, 1.54) is 29.7 Å². The molecule has 0 spiro atoms. The Hall–Kier alpha value is -1.81. The maximum Gasteiger partial charge on any atom is 0.118 e. The van der Waals surface area contributed by atoms with Crippen LogP contribution in [0.3, 0.4) is 0 Å². The van der Waals surface area contributed by atoms with Crippen molar-refractivity contribution in [3.8, 4) is 5.75 Å². The number of rotatable bonds is 4. The molecule has 1 heterocycles. The number of aromatic nitrogens is 2. The predicted octanol–water partition coefficient (Wildman–Crippen LogP) is 2.32. The van der Waals surface area contributed by atoms with Crippen LogP contribution < -0.4 is 10.5 Å². The fourth-order valence-corrected chi connectivity index (χ4v) is 3.00. The molecule has 4 heteroatoms. The summed E-state index contributed by atoms with van der Waals surface area (Å²) in [4.78, 5) is 0. The fraction of sp³-hybridized carbons (Fsp3) is 0.438. The molecular formula is C16H21N3O. The smallest absolute Gasteiger partial charge is 0.118 e. The lowest BCUT2D eigenvalue weighted by molar-refractivity contribution is 0.414. The average molecular weight is 271 g/mol. The molecule has 2 aromatic rings. The van der Waals surface area contributed by atoms with Gasteiger partial charge in [0.15, 0.2) is 0 Å². The summed E-state index contributed by atoms with van der Waals surface area (Å²) in [5.74, 6) is 1.38. The third-order valence-corrected chi connectivity index (χ3v) is 4.16. The Balaban J connectivity index is 1.82. The highest BCUT2D eigenvalue weighted by atomic mass is 16.5. The molecule has 1 atom stereocenters. The highest BCUT2D eigenvalue weighted by Crippen LogP contribution is 2.30. The van der Waals surface area contributed by atoms with Gasteiger partial charge in [-0.25, -0.2) is 0 Å². The van der Waals surface area contributed by atoms with Crippen LogP contribution in [0.2, 0.25) is 0 Å². The highest BCUT2D eigenvalue weighted by Gasteiger charge is 2.22. The third-order valence-electron chi connectivity index (χ3n) is 4.16. The van der Waals surface area contributed by atoms with Crippen LogP contribution in [-0.2, 0) is 13.0 Å². The first-order valence-electron chi connectivity index (χ1n) is 7.19. The van der Waals surface area contributed by atoms with Crippen LogP contribution in [0, 0.1) is 0 Å². The van der Waals surface area contributed by atoms with Gasteiger partial charge >= 0.3 is 0 Å². The largest absolute Gasteiger partial charge is 0.497 e. The maximum absolute atomic E-state index is 5.86. The number of nitrogens with zero attached hydrogens (tertiary/aromatic N) is 2. The van der Waals surface area contributed by atoms with Gasteiger partial charge in [-0.3, -0.25) is 4.68 Å². The molecule has 20 heavy (non-hydrogen) atoms. The molecule has 106 valence electrons. The van der Waals surface area contributed by atoms with E-state index in [2.05, 4.69) is 21.9 Å². The van der Waals surface area contributed by atoms with Crippen LogP contribution in [0.1, 0.15) is 35.6 Å². The van der Waals surface area contributed by atoms with Crippen molar-refractivity contribution in [2.24, 2.45) is 5.73 Å². The Morgan fingerprint density at radius 3 is 2.85 bits per heavy atom. The van der Waals surface area contributed by atoms with Crippen LogP contribution in [0.4, 0.5) is 0 Å². The van der Waals surface area contributed by atoms with Gasteiger partial charge in [0, 0.05) is 5.69 Å². The standard InChI is InChI=1S/C16H21N3O/c1-20-14-7-5-12(6-8-14)11-19-16-4-2-3-13(9-17)15(16)10-18-19/h5-8,10,13H,2-4,9,11,17H2,1H3. The minimum absolute atomic E-state index is 0.489. The van der Waals surface area contributed by atoms with Gasteiger partial charge in [0.2, 0.25) is 0 Å². The molecule has 1 aromatic carbocycles. The first-order valence-corrected chi connectivity index (χ1v) is 7.19. The van der Waals surface area contributed by atoms with E-state index in [1.807, 2.05) is 18.3 Å². The maximum atomic E-state index is 5.86. The molecule has 4 nitrogen and oxygen atoms in total. The molecule has 3 rings (SSSR count). The predicted molar refractivity (Wildman–Crippen MR) is 79.1 cm³/mol. The van der Waals surface area contributed by atoms with Crippen LogP contribution in [0.15, 0.2) is 30.5 Å². The molecule has 2 N–H and O–H groups in total. The zero-order chi connectivity index (χ0) is 13.9. The van der Waals surface area contributed by atoms with Crippen molar-refractivity contribution in [2.75, 3.05) is 13.7 Å². The van der Waals surface area contributed by atoms with E-state index < -0.39 is 0 Å². The van der Waals surface area contributed by atoms with Crippen molar-refractivity contribution in [1.82, 2.24) is 9.78 Å². The summed E-state index contributed by atoms with van der Waals surface area (Å²) in [6.07, 6.45) is 5.53. The van der Waals surface area contributed by atoms with Crippen LogP contribution in [-0.4, -0.2) is 23.4 Å². The van der Waals surface area contributed by atoms with E-state index in [9.17, 15) is 0 Å². The van der Waals surface area contributed by atoms with Crippen molar-refractivity contribution in [1.29, 1.82) is 0 Å². The lowest BCUT2D eigenvalue weighted by Gasteiger charge is -2.21. The second kappa shape index (κ2) is 5.67. The molecule has 0 fully saturated rings. The first-order chi connectivity index (χ1) is 9.81. The van der Waals surface area contributed by atoms with Gasteiger partial charge in [0.05, 0.1) is 19.9 Å². The Kier molecular flexibility index (Phi) is 3.74. The van der Waals surface area contributed by atoms with Crippen molar-refractivity contribution in [3.05, 3.63) is 47.3 Å². The number of hydrogen-bond donors (Lipinski definition) is 1. The fourth-order valence-electron chi connectivity index (χ4n) is 3.00. The van der Waals surface area contributed by atoms with Crippen LogP contribution in [0.25, 0.3) is 0 Å². The van der Waals surface area contributed by atoms with E-state index in [0.717, 1.165) is 25.3 Å². The van der Waals surface area contributed by atoms with E-state index in [-0.39, 0.29) is 0 Å². The SMILES string of the molecule is COc1ccc(Cn2ncc3c2CCCC3CN)cc1.